The van der Waals surface area contributed by atoms with Crippen LogP contribution in [0.5, 0.6) is 0 Å². The molecular weight excluding hydrogens is 320 g/mol. The molecule has 0 aromatic carbocycles. The summed E-state index contributed by atoms with van der Waals surface area (Å²) in [6, 6.07) is 0. The van der Waals surface area contributed by atoms with Crippen LogP contribution in [-0.2, 0) is 19.1 Å². The van der Waals surface area contributed by atoms with Gasteiger partial charge >= 0.3 is 11.9 Å². The van der Waals surface area contributed by atoms with E-state index < -0.39 is 23.8 Å². The SMILES string of the molecule is O=C1OC(=O)[C@H]2[C@H]3O[C@@H]([C@@H](Br)[C@H]3Br)[C@@H]12. The summed E-state index contributed by atoms with van der Waals surface area (Å²) in [6.45, 7) is 0. The number of carbonyl (C=O) groups is 2. The van der Waals surface area contributed by atoms with Crippen molar-refractivity contribution in [3.63, 3.8) is 0 Å². The van der Waals surface area contributed by atoms with E-state index in [9.17, 15) is 9.59 Å². The van der Waals surface area contributed by atoms with Crippen molar-refractivity contribution >= 4 is 43.8 Å². The third-order valence-corrected chi connectivity index (χ3v) is 5.98. The molecule has 0 aromatic heterocycles. The van der Waals surface area contributed by atoms with Crippen molar-refractivity contribution in [3.8, 4) is 0 Å². The predicted octanol–water partition coefficient (Wildman–Crippen LogP) is 0.610. The lowest BCUT2D eigenvalue weighted by Gasteiger charge is -2.23. The molecule has 3 saturated heterocycles. The molecule has 0 aromatic rings. The number of hydrogen-bond donors (Lipinski definition) is 0. The zero-order valence-electron chi connectivity index (χ0n) is 6.85. The second-order valence-corrected chi connectivity index (χ2v) is 5.86. The monoisotopic (exact) mass is 324 g/mol. The van der Waals surface area contributed by atoms with Gasteiger partial charge in [-0.15, -0.1) is 0 Å². The summed E-state index contributed by atoms with van der Waals surface area (Å²) in [5.74, 6) is -1.66. The molecule has 0 unspecified atom stereocenters. The number of halogens is 2. The van der Waals surface area contributed by atoms with E-state index in [1.165, 1.54) is 0 Å². The number of esters is 2. The first kappa shape index (κ1) is 9.30. The summed E-state index contributed by atoms with van der Waals surface area (Å²) in [7, 11) is 0. The summed E-state index contributed by atoms with van der Waals surface area (Å²) in [5, 5.41) is 0. The fourth-order valence-corrected chi connectivity index (χ4v) is 3.97. The van der Waals surface area contributed by atoms with Crippen LogP contribution >= 0.6 is 31.9 Å². The van der Waals surface area contributed by atoms with Crippen LogP contribution in [0.25, 0.3) is 0 Å². The zero-order chi connectivity index (χ0) is 10.0. The Hall–Kier alpha value is 0.0600. The van der Waals surface area contributed by atoms with Crippen molar-refractivity contribution in [2.24, 2.45) is 11.8 Å². The maximum Gasteiger partial charge on any atom is 0.320 e. The van der Waals surface area contributed by atoms with Crippen LogP contribution in [0.1, 0.15) is 0 Å². The van der Waals surface area contributed by atoms with Gasteiger partial charge in [-0.05, 0) is 0 Å². The first-order chi connectivity index (χ1) is 6.61. The minimum absolute atomic E-state index is 0.0761. The standard InChI is InChI=1S/C8H6Br2O4/c9-3-4(10)6-2-1(5(3)13-6)7(11)14-8(2)12/h1-6H/t1-,2+,3-,4+,5-,6-/m1/s1. The van der Waals surface area contributed by atoms with E-state index in [0.717, 1.165) is 0 Å². The fourth-order valence-electron chi connectivity index (χ4n) is 2.46. The van der Waals surface area contributed by atoms with Gasteiger partial charge in [-0.3, -0.25) is 9.59 Å². The van der Waals surface area contributed by atoms with E-state index in [4.69, 9.17) is 4.74 Å². The summed E-state index contributed by atoms with van der Waals surface area (Å²) >= 11 is 6.91. The molecule has 3 rings (SSSR count). The van der Waals surface area contributed by atoms with Gasteiger partial charge in [0.05, 0.1) is 21.9 Å². The Balaban J connectivity index is 2.01. The van der Waals surface area contributed by atoms with Gasteiger partial charge in [-0.1, -0.05) is 31.9 Å². The van der Waals surface area contributed by atoms with E-state index in [1.807, 2.05) is 0 Å². The van der Waals surface area contributed by atoms with Crippen LogP contribution in [0.3, 0.4) is 0 Å². The molecule has 0 amide bonds. The highest BCUT2D eigenvalue weighted by Gasteiger charge is 2.67. The Morgan fingerprint density at radius 2 is 1.36 bits per heavy atom. The van der Waals surface area contributed by atoms with Gasteiger partial charge in [0.25, 0.3) is 0 Å². The van der Waals surface area contributed by atoms with E-state index >= 15 is 0 Å². The maximum absolute atomic E-state index is 11.3. The van der Waals surface area contributed by atoms with Gasteiger partial charge in [-0.25, -0.2) is 0 Å². The zero-order valence-corrected chi connectivity index (χ0v) is 10.0. The molecule has 3 aliphatic rings. The number of ether oxygens (including phenoxy) is 2. The molecule has 6 atom stereocenters. The van der Waals surface area contributed by atoms with Crippen molar-refractivity contribution in [1.29, 1.82) is 0 Å². The van der Waals surface area contributed by atoms with Gasteiger partial charge in [0.1, 0.15) is 11.8 Å². The Labute approximate surface area is 96.6 Å². The molecule has 2 bridgehead atoms. The Morgan fingerprint density at radius 1 is 0.929 bits per heavy atom. The highest BCUT2D eigenvalue weighted by atomic mass is 79.9. The number of alkyl halides is 2. The number of carbonyl (C=O) groups excluding carboxylic acids is 2. The lowest BCUT2D eigenvalue weighted by atomic mass is 9.81. The average Bonchev–Trinajstić information content (AvgIpc) is 2.71. The number of rotatable bonds is 0. The minimum atomic E-state index is -0.434. The van der Waals surface area contributed by atoms with Crippen LogP contribution in [0.2, 0.25) is 0 Å². The molecule has 0 radical (unpaired) electrons. The lowest BCUT2D eigenvalue weighted by molar-refractivity contribution is -0.156. The molecular formula is C8H6Br2O4. The molecule has 6 heteroatoms. The first-order valence-electron chi connectivity index (χ1n) is 4.30. The number of hydrogen-bond acceptors (Lipinski definition) is 4. The molecule has 0 saturated carbocycles. The quantitative estimate of drug-likeness (QED) is 0.372. The van der Waals surface area contributed by atoms with Crippen LogP contribution in [0.4, 0.5) is 0 Å². The normalized spacial score (nSPS) is 55.0. The molecule has 0 N–H and O–H groups in total. The highest BCUT2D eigenvalue weighted by Crippen LogP contribution is 2.52. The van der Waals surface area contributed by atoms with Crippen LogP contribution < -0.4 is 0 Å². The molecule has 0 aliphatic carbocycles. The van der Waals surface area contributed by atoms with Gasteiger partial charge in [0.15, 0.2) is 0 Å². The van der Waals surface area contributed by atoms with Gasteiger partial charge in [0.2, 0.25) is 0 Å². The Kier molecular flexibility index (Phi) is 1.86. The van der Waals surface area contributed by atoms with Crippen molar-refractivity contribution < 1.29 is 19.1 Å². The lowest BCUT2D eigenvalue weighted by Crippen LogP contribution is -2.42. The molecule has 0 spiro atoms. The minimum Gasteiger partial charge on any atom is -0.393 e. The smallest absolute Gasteiger partial charge is 0.320 e. The third kappa shape index (κ3) is 0.919. The molecule has 3 heterocycles. The Morgan fingerprint density at radius 3 is 1.79 bits per heavy atom. The predicted molar refractivity (Wildman–Crippen MR) is 52.2 cm³/mol. The first-order valence-corrected chi connectivity index (χ1v) is 6.13. The molecule has 4 nitrogen and oxygen atoms in total. The second-order valence-electron chi connectivity index (χ2n) is 3.75. The highest BCUT2D eigenvalue weighted by molar-refractivity contribution is 9.12. The van der Waals surface area contributed by atoms with Crippen molar-refractivity contribution in [2.45, 2.75) is 21.9 Å². The van der Waals surface area contributed by atoms with Crippen molar-refractivity contribution in [2.75, 3.05) is 0 Å². The van der Waals surface area contributed by atoms with Gasteiger partial charge in [0, 0.05) is 0 Å². The van der Waals surface area contributed by atoms with Crippen LogP contribution in [0.15, 0.2) is 0 Å². The van der Waals surface area contributed by atoms with Crippen molar-refractivity contribution in [3.05, 3.63) is 0 Å². The molecule has 76 valence electrons. The van der Waals surface area contributed by atoms with Crippen LogP contribution in [0, 0.1) is 11.8 Å². The van der Waals surface area contributed by atoms with Crippen LogP contribution in [-0.4, -0.2) is 33.8 Å². The third-order valence-electron chi connectivity index (χ3n) is 3.09. The summed E-state index contributed by atoms with van der Waals surface area (Å²) in [6.07, 6.45) is -0.457. The largest absolute Gasteiger partial charge is 0.393 e. The second kappa shape index (κ2) is 2.80. The van der Waals surface area contributed by atoms with E-state index in [2.05, 4.69) is 36.6 Å². The molecule has 3 fully saturated rings. The van der Waals surface area contributed by atoms with Gasteiger partial charge < -0.3 is 9.47 Å². The Bertz CT molecular complexity index is 301. The summed E-state index contributed by atoms with van der Waals surface area (Å²) in [5.41, 5.74) is 0. The molecule has 14 heavy (non-hydrogen) atoms. The number of fused-ring (bicyclic) bond motifs is 5. The van der Waals surface area contributed by atoms with E-state index in [1.54, 1.807) is 0 Å². The average molecular weight is 326 g/mol. The maximum atomic E-state index is 11.3. The topological polar surface area (TPSA) is 52.6 Å². The van der Waals surface area contributed by atoms with E-state index in [-0.39, 0.29) is 21.9 Å². The fraction of sp³-hybridized carbons (Fsp3) is 0.750. The van der Waals surface area contributed by atoms with Gasteiger partial charge in [-0.2, -0.15) is 0 Å². The summed E-state index contributed by atoms with van der Waals surface area (Å²) in [4.78, 5) is 22.9. The number of cyclic esters (lactones) is 2. The van der Waals surface area contributed by atoms with E-state index in [0.29, 0.717) is 0 Å². The summed E-state index contributed by atoms with van der Waals surface area (Å²) < 4.78 is 10.2. The van der Waals surface area contributed by atoms with Crippen molar-refractivity contribution in [1.82, 2.24) is 0 Å². The molecule has 3 aliphatic heterocycles.